The predicted octanol–water partition coefficient (Wildman–Crippen LogP) is 1.47. The molecule has 1 aliphatic heterocycles. The smallest absolute Gasteiger partial charge is 0.284 e. The quantitative estimate of drug-likeness (QED) is 0.484. The van der Waals surface area contributed by atoms with Crippen molar-refractivity contribution in [3.8, 4) is 5.69 Å². The summed E-state index contributed by atoms with van der Waals surface area (Å²) in [6, 6.07) is 15.8. The molecule has 0 spiro atoms. The van der Waals surface area contributed by atoms with Gasteiger partial charge in [-0.2, -0.15) is 4.68 Å². The summed E-state index contributed by atoms with van der Waals surface area (Å²) >= 11 is 0. The van der Waals surface area contributed by atoms with Gasteiger partial charge in [-0.1, -0.05) is 29.5 Å². The minimum Gasteiger partial charge on any atom is -0.368 e. The minimum atomic E-state index is -0.464. The van der Waals surface area contributed by atoms with Crippen molar-refractivity contribution in [2.45, 2.75) is 6.54 Å². The number of hydrogen-bond acceptors (Lipinski definition) is 6. The summed E-state index contributed by atoms with van der Waals surface area (Å²) in [6.07, 6.45) is 1.31. The van der Waals surface area contributed by atoms with Gasteiger partial charge in [-0.05, 0) is 30.3 Å². The van der Waals surface area contributed by atoms with E-state index < -0.39 is 11.4 Å². The van der Waals surface area contributed by atoms with Gasteiger partial charge in [0.05, 0.1) is 5.69 Å². The number of halogens is 1. The molecule has 32 heavy (non-hydrogen) atoms. The fraction of sp³-hybridized carbons (Fsp3) is 0.227. The van der Waals surface area contributed by atoms with Gasteiger partial charge in [-0.3, -0.25) is 14.2 Å². The van der Waals surface area contributed by atoms with Crippen LogP contribution in [0.1, 0.15) is 0 Å². The van der Waals surface area contributed by atoms with Crippen molar-refractivity contribution in [2.75, 3.05) is 31.1 Å². The van der Waals surface area contributed by atoms with Gasteiger partial charge in [-0.15, -0.1) is 5.10 Å². The Morgan fingerprint density at radius 2 is 1.72 bits per heavy atom. The highest BCUT2D eigenvalue weighted by molar-refractivity contribution is 5.77. The molecule has 0 aliphatic carbocycles. The third-order valence-corrected chi connectivity index (χ3v) is 5.54. The van der Waals surface area contributed by atoms with Crippen LogP contribution in [0, 0.1) is 5.82 Å². The molecule has 0 bridgehead atoms. The predicted molar refractivity (Wildman–Crippen MR) is 116 cm³/mol. The number of carbonyl (C=O) groups is 1. The molecule has 3 heterocycles. The van der Waals surface area contributed by atoms with E-state index in [4.69, 9.17) is 0 Å². The SMILES string of the molecule is O=C(Cn1cnc2c(nnn2-c2cccc(F)c2)c1=O)N1CCN(c2ccccc2)CC1. The molecule has 5 rings (SSSR count). The molecule has 0 unspecified atom stereocenters. The van der Waals surface area contributed by atoms with E-state index in [-0.39, 0.29) is 23.6 Å². The summed E-state index contributed by atoms with van der Waals surface area (Å²) in [4.78, 5) is 33.9. The number of benzene rings is 2. The molecule has 0 saturated carbocycles. The zero-order chi connectivity index (χ0) is 22.1. The average Bonchev–Trinajstić information content (AvgIpc) is 3.26. The highest BCUT2D eigenvalue weighted by Crippen LogP contribution is 2.16. The Morgan fingerprint density at radius 3 is 2.47 bits per heavy atom. The van der Waals surface area contributed by atoms with E-state index in [1.807, 2.05) is 18.2 Å². The largest absolute Gasteiger partial charge is 0.368 e. The third-order valence-electron chi connectivity index (χ3n) is 5.54. The molecule has 1 fully saturated rings. The highest BCUT2D eigenvalue weighted by Gasteiger charge is 2.22. The van der Waals surface area contributed by atoms with Crippen LogP contribution in [-0.4, -0.2) is 61.5 Å². The Hall–Kier alpha value is -4.08. The summed E-state index contributed by atoms with van der Waals surface area (Å²) in [5.74, 6) is -0.587. The lowest BCUT2D eigenvalue weighted by molar-refractivity contribution is -0.132. The fourth-order valence-corrected chi connectivity index (χ4v) is 3.84. The number of anilines is 1. The van der Waals surface area contributed by atoms with Gasteiger partial charge in [0.15, 0.2) is 11.2 Å². The van der Waals surface area contributed by atoms with Crippen molar-refractivity contribution in [2.24, 2.45) is 0 Å². The average molecular weight is 433 g/mol. The first-order chi connectivity index (χ1) is 15.6. The molecule has 0 N–H and O–H groups in total. The second-order valence-corrected chi connectivity index (χ2v) is 7.53. The topological polar surface area (TPSA) is 89.1 Å². The molecule has 1 saturated heterocycles. The zero-order valence-electron chi connectivity index (χ0n) is 17.1. The number of para-hydroxylation sites is 1. The van der Waals surface area contributed by atoms with Crippen molar-refractivity contribution in [3.63, 3.8) is 0 Å². The molecule has 0 atom stereocenters. The Bertz CT molecular complexity index is 1330. The van der Waals surface area contributed by atoms with Crippen LogP contribution in [0.25, 0.3) is 16.9 Å². The zero-order valence-corrected chi connectivity index (χ0v) is 17.1. The van der Waals surface area contributed by atoms with E-state index in [1.165, 1.54) is 33.8 Å². The molecule has 9 nitrogen and oxygen atoms in total. The van der Waals surface area contributed by atoms with E-state index in [1.54, 1.807) is 11.0 Å². The van der Waals surface area contributed by atoms with Gasteiger partial charge in [0.1, 0.15) is 18.7 Å². The maximum atomic E-state index is 13.6. The first kappa shape index (κ1) is 19.9. The number of piperazine rings is 1. The Morgan fingerprint density at radius 1 is 0.969 bits per heavy atom. The van der Waals surface area contributed by atoms with Gasteiger partial charge in [0, 0.05) is 31.9 Å². The summed E-state index contributed by atoms with van der Waals surface area (Å²) in [5, 5.41) is 7.85. The third kappa shape index (κ3) is 3.70. The van der Waals surface area contributed by atoms with Crippen LogP contribution in [-0.2, 0) is 11.3 Å². The Balaban J connectivity index is 1.31. The van der Waals surface area contributed by atoms with Crippen molar-refractivity contribution in [1.29, 1.82) is 0 Å². The van der Waals surface area contributed by atoms with Crippen LogP contribution in [0.15, 0.2) is 65.7 Å². The van der Waals surface area contributed by atoms with Gasteiger partial charge in [0.2, 0.25) is 5.91 Å². The van der Waals surface area contributed by atoms with E-state index in [2.05, 4.69) is 32.3 Å². The molecule has 0 radical (unpaired) electrons. The van der Waals surface area contributed by atoms with Crippen LogP contribution >= 0.6 is 0 Å². The number of aromatic nitrogens is 5. The van der Waals surface area contributed by atoms with Gasteiger partial charge < -0.3 is 9.80 Å². The Kier molecular flexibility index (Phi) is 5.10. The summed E-state index contributed by atoms with van der Waals surface area (Å²) < 4.78 is 16.1. The number of amides is 1. The van der Waals surface area contributed by atoms with Crippen LogP contribution in [0.4, 0.5) is 10.1 Å². The standard InChI is InChI=1S/C22H20FN7O2/c23-16-5-4-8-18(13-16)30-21-20(25-26-30)22(32)29(15-24-21)14-19(31)28-11-9-27(10-12-28)17-6-2-1-3-7-17/h1-8,13,15H,9-12,14H2. The molecule has 2 aromatic carbocycles. The van der Waals surface area contributed by atoms with E-state index in [0.29, 0.717) is 18.8 Å². The molecule has 1 amide bonds. The molecule has 1 aliphatic rings. The highest BCUT2D eigenvalue weighted by atomic mass is 19.1. The molecule has 162 valence electrons. The first-order valence-electron chi connectivity index (χ1n) is 10.2. The van der Waals surface area contributed by atoms with Crippen molar-refractivity contribution in [3.05, 3.63) is 77.1 Å². The van der Waals surface area contributed by atoms with Crippen molar-refractivity contribution >= 4 is 22.8 Å². The Labute approximate surface area is 182 Å². The van der Waals surface area contributed by atoms with Gasteiger partial charge >= 0.3 is 0 Å². The summed E-state index contributed by atoms with van der Waals surface area (Å²) in [6.45, 7) is 2.48. The number of nitrogens with zero attached hydrogens (tertiary/aromatic N) is 7. The fourth-order valence-electron chi connectivity index (χ4n) is 3.84. The maximum Gasteiger partial charge on any atom is 0.284 e. The molecular weight excluding hydrogens is 413 g/mol. The van der Waals surface area contributed by atoms with Crippen LogP contribution < -0.4 is 10.5 Å². The molecule has 2 aromatic heterocycles. The van der Waals surface area contributed by atoms with Crippen molar-refractivity contribution in [1.82, 2.24) is 29.4 Å². The normalized spacial score (nSPS) is 14.2. The monoisotopic (exact) mass is 433 g/mol. The molecule has 10 heteroatoms. The lowest BCUT2D eigenvalue weighted by Gasteiger charge is -2.36. The lowest BCUT2D eigenvalue weighted by Crippen LogP contribution is -2.50. The lowest BCUT2D eigenvalue weighted by atomic mass is 10.2. The minimum absolute atomic E-state index is 0.0264. The number of carbonyl (C=O) groups excluding carboxylic acids is 1. The maximum absolute atomic E-state index is 13.6. The number of fused-ring (bicyclic) bond motifs is 1. The molecular formula is C22H20FN7O2. The number of rotatable bonds is 4. The summed E-state index contributed by atoms with van der Waals surface area (Å²) in [7, 11) is 0. The van der Waals surface area contributed by atoms with E-state index in [9.17, 15) is 14.0 Å². The number of hydrogen-bond donors (Lipinski definition) is 0. The molecule has 4 aromatic rings. The van der Waals surface area contributed by atoms with Gasteiger partial charge in [-0.25, -0.2) is 9.37 Å². The van der Waals surface area contributed by atoms with Crippen LogP contribution in [0.5, 0.6) is 0 Å². The summed E-state index contributed by atoms with van der Waals surface area (Å²) in [5.41, 5.74) is 1.31. The van der Waals surface area contributed by atoms with Crippen molar-refractivity contribution < 1.29 is 9.18 Å². The van der Waals surface area contributed by atoms with Gasteiger partial charge in [0.25, 0.3) is 5.56 Å². The van der Waals surface area contributed by atoms with Crippen LogP contribution in [0.2, 0.25) is 0 Å². The second kappa shape index (κ2) is 8.22. The first-order valence-corrected chi connectivity index (χ1v) is 10.2. The second-order valence-electron chi connectivity index (χ2n) is 7.53. The van der Waals surface area contributed by atoms with Crippen LogP contribution in [0.3, 0.4) is 0 Å². The van der Waals surface area contributed by atoms with E-state index in [0.717, 1.165) is 18.8 Å². The van der Waals surface area contributed by atoms with E-state index >= 15 is 0 Å².